The Morgan fingerprint density at radius 3 is 2.50 bits per heavy atom. The van der Waals surface area contributed by atoms with E-state index in [4.69, 9.17) is 16.0 Å². The Kier molecular flexibility index (Phi) is 4.40. The molecule has 0 unspecified atom stereocenters. The van der Waals surface area contributed by atoms with E-state index < -0.39 is 0 Å². The molecule has 1 heterocycles. The molecule has 0 aliphatic carbocycles. The third-order valence-electron chi connectivity index (χ3n) is 3.86. The summed E-state index contributed by atoms with van der Waals surface area (Å²) in [4.78, 5) is 24.2. The average molecular weight is 342 g/mol. The van der Waals surface area contributed by atoms with Crippen LogP contribution in [0.15, 0.2) is 46.9 Å². The lowest BCUT2D eigenvalue weighted by Gasteiger charge is -2.02. The summed E-state index contributed by atoms with van der Waals surface area (Å²) < 4.78 is 5.77. The summed E-state index contributed by atoms with van der Waals surface area (Å²) in [6.07, 6.45) is 0.398. The SMILES string of the molecule is CCC(=O)Nc1ccc2c(C)c(C(=O)c3ccc(Cl)cc3)oc2c1. The molecule has 5 heteroatoms. The van der Waals surface area contributed by atoms with Crippen molar-refractivity contribution in [2.45, 2.75) is 20.3 Å². The minimum absolute atomic E-state index is 0.0740. The van der Waals surface area contributed by atoms with Gasteiger partial charge in [0.1, 0.15) is 5.58 Å². The van der Waals surface area contributed by atoms with Crippen LogP contribution in [-0.4, -0.2) is 11.7 Å². The van der Waals surface area contributed by atoms with Crippen LogP contribution >= 0.6 is 11.6 Å². The number of fused-ring (bicyclic) bond motifs is 1. The van der Waals surface area contributed by atoms with E-state index in [0.717, 1.165) is 10.9 Å². The zero-order chi connectivity index (χ0) is 17.3. The molecule has 0 bridgehead atoms. The molecule has 3 aromatic rings. The number of furan rings is 1. The molecule has 0 atom stereocenters. The zero-order valence-electron chi connectivity index (χ0n) is 13.4. The molecule has 1 aromatic heterocycles. The Morgan fingerprint density at radius 2 is 1.83 bits per heavy atom. The van der Waals surface area contributed by atoms with Crippen molar-refractivity contribution >= 4 is 39.9 Å². The van der Waals surface area contributed by atoms with E-state index in [2.05, 4.69) is 5.32 Å². The Hall–Kier alpha value is -2.59. The highest BCUT2D eigenvalue weighted by molar-refractivity contribution is 6.30. The molecule has 2 aromatic carbocycles. The van der Waals surface area contributed by atoms with Gasteiger partial charge in [0.15, 0.2) is 5.76 Å². The summed E-state index contributed by atoms with van der Waals surface area (Å²) in [5.74, 6) is 0.0286. The molecule has 1 amide bonds. The molecule has 122 valence electrons. The quantitative estimate of drug-likeness (QED) is 0.681. The molecule has 0 aliphatic heterocycles. The number of benzene rings is 2. The van der Waals surface area contributed by atoms with E-state index in [0.29, 0.717) is 34.0 Å². The number of amides is 1. The fourth-order valence-electron chi connectivity index (χ4n) is 2.50. The number of hydrogen-bond donors (Lipinski definition) is 1. The van der Waals surface area contributed by atoms with E-state index >= 15 is 0 Å². The molecular weight excluding hydrogens is 326 g/mol. The van der Waals surface area contributed by atoms with Crippen LogP contribution in [0.4, 0.5) is 5.69 Å². The standard InChI is InChI=1S/C19H16ClNO3/c1-3-17(22)21-14-8-9-15-11(2)19(24-16(15)10-14)18(23)12-4-6-13(20)7-5-12/h4-10H,3H2,1-2H3,(H,21,22). The van der Waals surface area contributed by atoms with Gasteiger partial charge in [-0.15, -0.1) is 0 Å². The lowest BCUT2D eigenvalue weighted by molar-refractivity contribution is -0.115. The van der Waals surface area contributed by atoms with Gasteiger partial charge in [0, 0.05) is 39.7 Å². The van der Waals surface area contributed by atoms with Crippen LogP contribution < -0.4 is 5.32 Å². The molecule has 4 nitrogen and oxygen atoms in total. The fraction of sp³-hybridized carbons (Fsp3) is 0.158. The van der Waals surface area contributed by atoms with E-state index in [9.17, 15) is 9.59 Å². The van der Waals surface area contributed by atoms with Crippen molar-refractivity contribution in [3.05, 3.63) is 64.4 Å². The third-order valence-corrected chi connectivity index (χ3v) is 4.11. The second kappa shape index (κ2) is 6.49. The summed E-state index contributed by atoms with van der Waals surface area (Å²) in [5.41, 5.74) is 2.51. The smallest absolute Gasteiger partial charge is 0.228 e. The van der Waals surface area contributed by atoms with Crippen molar-refractivity contribution in [3.8, 4) is 0 Å². The number of nitrogens with one attached hydrogen (secondary N) is 1. The minimum Gasteiger partial charge on any atom is -0.452 e. The fourth-order valence-corrected chi connectivity index (χ4v) is 2.63. The van der Waals surface area contributed by atoms with Gasteiger partial charge in [-0.1, -0.05) is 18.5 Å². The van der Waals surface area contributed by atoms with Gasteiger partial charge in [0.2, 0.25) is 11.7 Å². The minimum atomic E-state index is -0.195. The van der Waals surface area contributed by atoms with Crippen molar-refractivity contribution in [3.63, 3.8) is 0 Å². The van der Waals surface area contributed by atoms with Gasteiger partial charge in [0.25, 0.3) is 0 Å². The normalized spacial score (nSPS) is 10.8. The third kappa shape index (κ3) is 3.05. The highest BCUT2D eigenvalue weighted by Crippen LogP contribution is 2.29. The average Bonchev–Trinajstić information content (AvgIpc) is 2.91. The maximum absolute atomic E-state index is 12.7. The Balaban J connectivity index is 1.99. The van der Waals surface area contributed by atoms with Crippen LogP contribution in [0.5, 0.6) is 0 Å². The summed E-state index contributed by atoms with van der Waals surface area (Å²) >= 11 is 5.86. The van der Waals surface area contributed by atoms with Gasteiger partial charge in [0.05, 0.1) is 0 Å². The number of aryl methyl sites for hydroxylation is 1. The van der Waals surface area contributed by atoms with Crippen molar-refractivity contribution in [1.82, 2.24) is 0 Å². The first-order valence-corrected chi connectivity index (χ1v) is 8.00. The van der Waals surface area contributed by atoms with Gasteiger partial charge in [-0.05, 0) is 43.3 Å². The van der Waals surface area contributed by atoms with Crippen molar-refractivity contribution in [2.24, 2.45) is 0 Å². The first kappa shape index (κ1) is 16.3. The van der Waals surface area contributed by atoms with Crippen molar-refractivity contribution in [1.29, 1.82) is 0 Å². The Bertz CT molecular complexity index is 926. The van der Waals surface area contributed by atoms with Gasteiger partial charge in [-0.25, -0.2) is 0 Å². The molecule has 3 rings (SSSR count). The molecule has 0 spiro atoms. The number of carbonyl (C=O) groups is 2. The van der Waals surface area contributed by atoms with E-state index in [1.165, 1.54) is 0 Å². The topological polar surface area (TPSA) is 59.3 Å². The van der Waals surface area contributed by atoms with E-state index in [-0.39, 0.29) is 11.7 Å². The number of carbonyl (C=O) groups excluding carboxylic acids is 2. The van der Waals surface area contributed by atoms with Gasteiger partial charge in [-0.3, -0.25) is 9.59 Å². The predicted molar refractivity (Wildman–Crippen MR) is 94.8 cm³/mol. The molecule has 1 N–H and O–H groups in total. The van der Waals surface area contributed by atoms with Gasteiger partial charge >= 0.3 is 0 Å². The lowest BCUT2D eigenvalue weighted by atomic mass is 10.0. The van der Waals surface area contributed by atoms with Crippen molar-refractivity contribution < 1.29 is 14.0 Å². The number of hydrogen-bond acceptors (Lipinski definition) is 3. The van der Waals surface area contributed by atoms with Crippen LogP contribution in [0.3, 0.4) is 0 Å². The molecule has 0 aliphatic rings. The zero-order valence-corrected chi connectivity index (χ0v) is 14.1. The number of anilines is 1. The number of halogens is 1. The largest absolute Gasteiger partial charge is 0.452 e. The highest BCUT2D eigenvalue weighted by Gasteiger charge is 2.19. The summed E-state index contributed by atoms with van der Waals surface area (Å²) in [6.45, 7) is 3.63. The molecule has 0 radical (unpaired) electrons. The maximum Gasteiger partial charge on any atom is 0.228 e. The highest BCUT2D eigenvalue weighted by atomic mass is 35.5. The van der Waals surface area contributed by atoms with Crippen LogP contribution in [-0.2, 0) is 4.79 Å². The van der Waals surface area contributed by atoms with E-state index in [1.54, 1.807) is 43.3 Å². The van der Waals surface area contributed by atoms with Gasteiger partial charge in [-0.2, -0.15) is 0 Å². The van der Waals surface area contributed by atoms with Crippen molar-refractivity contribution in [2.75, 3.05) is 5.32 Å². The van der Waals surface area contributed by atoms with Crippen LogP contribution in [0, 0.1) is 6.92 Å². The lowest BCUT2D eigenvalue weighted by Crippen LogP contribution is -2.08. The second-order valence-corrected chi connectivity index (χ2v) is 5.94. The molecule has 24 heavy (non-hydrogen) atoms. The molecular formula is C19H16ClNO3. The molecule has 0 saturated carbocycles. The molecule has 0 fully saturated rings. The maximum atomic E-state index is 12.7. The summed E-state index contributed by atoms with van der Waals surface area (Å²) in [6, 6.07) is 12.1. The summed E-state index contributed by atoms with van der Waals surface area (Å²) in [5, 5.41) is 4.20. The predicted octanol–water partition coefficient (Wildman–Crippen LogP) is 4.97. The van der Waals surface area contributed by atoms with Crippen LogP contribution in [0.25, 0.3) is 11.0 Å². The summed E-state index contributed by atoms with van der Waals surface area (Å²) in [7, 11) is 0. The number of rotatable bonds is 4. The van der Waals surface area contributed by atoms with E-state index in [1.807, 2.05) is 13.0 Å². The Morgan fingerprint density at radius 1 is 1.12 bits per heavy atom. The van der Waals surface area contributed by atoms with Gasteiger partial charge < -0.3 is 9.73 Å². The van der Waals surface area contributed by atoms with Crippen LogP contribution in [0.2, 0.25) is 5.02 Å². The monoisotopic (exact) mass is 341 g/mol. The van der Waals surface area contributed by atoms with Crippen LogP contribution in [0.1, 0.15) is 35.0 Å². The first-order chi connectivity index (χ1) is 11.5. The molecule has 0 saturated heterocycles. The first-order valence-electron chi connectivity index (χ1n) is 7.63. The Labute approximate surface area is 144 Å². The number of ketones is 1. The second-order valence-electron chi connectivity index (χ2n) is 5.50.